The maximum Gasteiger partial charge on any atom is 0.251 e. The molecule has 0 saturated carbocycles. The third-order valence-electron chi connectivity index (χ3n) is 4.82. The molecule has 34 heavy (non-hydrogen) atoms. The fourth-order valence-electron chi connectivity index (χ4n) is 3.02. The van der Waals surface area contributed by atoms with Crippen molar-refractivity contribution in [3.8, 4) is 0 Å². The van der Waals surface area contributed by atoms with Crippen LogP contribution in [0.15, 0.2) is 41.6 Å². The lowest BCUT2D eigenvalue weighted by atomic mass is 10.0. The number of nitrogens with zero attached hydrogens (tertiary/aromatic N) is 3. The first-order chi connectivity index (χ1) is 16.1. The number of thioether (sulfide) groups is 1. The van der Waals surface area contributed by atoms with Crippen molar-refractivity contribution in [2.24, 2.45) is 13.0 Å². The van der Waals surface area contributed by atoms with E-state index < -0.39 is 6.04 Å². The number of anilines is 1. The van der Waals surface area contributed by atoms with Crippen LogP contribution in [0.5, 0.6) is 0 Å². The van der Waals surface area contributed by atoms with Gasteiger partial charge in [0.2, 0.25) is 5.91 Å². The summed E-state index contributed by atoms with van der Waals surface area (Å²) in [6.07, 6.45) is 0. The standard InChI is InChI=1S/C22H21Cl4N5O2S/c1-11(2)19(28-21(33)12-4-6-14(23)16(25)8-12)20-29-30-22(31(20)3)34-10-18(32)27-13-5-7-15(24)17(26)9-13/h4-9,11,19H,10H2,1-3H3,(H,27,32)(H,28,33)/t19-/m0/s1. The van der Waals surface area contributed by atoms with Crippen LogP contribution in [0.4, 0.5) is 5.69 Å². The summed E-state index contributed by atoms with van der Waals surface area (Å²) < 4.78 is 1.76. The Kier molecular flexibility index (Phi) is 9.12. The zero-order chi connectivity index (χ0) is 25.0. The summed E-state index contributed by atoms with van der Waals surface area (Å²) in [5, 5.41) is 16.2. The van der Waals surface area contributed by atoms with Gasteiger partial charge in [-0.1, -0.05) is 72.0 Å². The summed E-state index contributed by atoms with van der Waals surface area (Å²) >= 11 is 25.1. The number of benzene rings is 2. The second-order valence-corrected chi connectivity index (χ2v) is 10.3. The molecule has 2 N–H and O–H groups in total. The van der Waals surface area contributed by atoms with E-state index >= 15 is 0 Å². The molecule has 0 bridgehead atoms. The quantitative estimate of drug-likeness (QED) is 0.316. The van der Waals surface area contributed by atoms with Crippen LogP contribution in [0.1, 0.15) is 36.1 Å². The number of carbonyl (C=O) groups excluding carboxylic acids is 2. The molecule has 0 fully saturated rings. The summed E-state index contributed by atoms with van der Waals surface area (Å²) in [5.41, 5.74) is 0.930. The van der Waals surface area contributed by atoms with Crippen LogP contribution in [0.2, 0.25) is 20.1 Å². The smallest absolute Gasteiger partial charge is 0.251 e. The number of carbonyl (C=O) groups is 2. The molecule has 1 atom stereocenters. The third-order valence-corrected chi connectivity index (χ3v) is 7.32. The second kappa shape index (κ2) is 11.6. The number of hydrogen-bond donors (Lipinski definition) is 2. The number of nitrogens with one attached hydrogen (secondary N) is 2. The molecule has 1 heterocycles. The molecule has 2 aromatic carbocycles. The first kappa shape index (κ1) is 26.6. The van der Waals surface area contributed by atoms with Crippen LogP contribution in [-0.2, 0) is 11.8 Å². The molecule has 0 saturated heterocycles. The maximum atomic E-state index is 12.8. The summed E-state index contributed by atoms with van der Waals surface area (Å²) in [5.74, 6) is 0.145. The summed E-state index contributed by atoms with van der Waals surface area (Å²) in [6.45, 7) is 3.93. The van der Waals surface area contributed by atoms with E-state index in [0.717, 1.165) is 0 Å². The SMILES string of the molecule is CC(C)[C@H](NC(=O)c1ccc(Cl)c(Cl)c1)c1nnc(SCC(=O)Nc2ccc(Cl)c(Cl)c2)n1C. The van der Waals surface area contributed by atoms with E-state index in [0.29, 0.717) is 42.3 Å². The second-order valence-electron chi connectivity index (χ2n) is 7.69. The number of halogens is 4. The summed E-state index contributed by atoms with van der Waals surface area (Å²) in [6, 6.07) is 9.13. The monoisotopic (exact) mass is 559 g/mol. The Hall–Kier alpha value is -1.97. The predicted molar refractivity (Wildman–Crippen MR) is 138 cm³/mol. The largest absolute Gasteiger partial charge is 0.342 e. The van der Waals surface area contributed by atoms with Crippen molar-refractivity contribution in [1.29, 1.82) is 0 Å². The molecular formula is C22H21Cl4N5O2S. The highest BCUT2D eigenvalue weighted by atomic mass is 35.5. The molecular weight excluding hydrogens is 540 g/mol. The first-order valence-electron chi connectivity index (χ1n) is 10.1. The molecule has 3 aromatic rings. The molecule has 2 amide bonds. The number of hydrogen-bond acceptors (Lipinski definition) is 5. The highest BCUT2D eigenvalue weighted by Gasteiger charge is 2.25. The molecule has 180 valence electrons. The van der Waals surface area contributed by atoms with Crippen molar-refractivity contribution >= 4 is 75.7 Å². The number of rotatable bonds is 8. The third kappa shape index (κ3) is 6.58. The van der Waals surface area contributed by atoms with Gasteiger partial charge >= 0.3 is 0 Å². The van der Waals surface area contributed by atoms with E-state index in [-0.39, 0.29) is 23.5 Å². The van der Waals surface area contributed by atoms with Crippen LogP contribution in [0.3, 0.4) is 0 Å². The summed E-state index contributed by atoms with van der Waals surface area (Å²) in [7, 11) is 1.79. The van der Waals surface area contributed by atoms with Gasteiger partial charge in [-0.05, 0) is 42.3 Å². The Balaban J connectivity index is 1.67. The fourth-order valence-corrected chi connectivity index (χ4v) is 4.33. The Morgan fingerprint density at radius 2 is 1.62 bits per heavy atom. The Morgan fingerprint density at radius 3 is 2.24 bits per heavy atom. The van der Waals surface area contributed by atoms with Crippen LogP contribution in [0, 0.1) is 5.92 Å². The van der Waals surface area contributed by atoms with E-state index in [1.807, 2.05) is 13.8 Å². The van der Waals surface area contributed by atoms with Crippen molar-refractivity contribution < 1.29 is 9.59 Å². The highest BCUT2D eigenvalue weighted by Crippen LogP contribution is 2.27. The maximum absolute atomic E-state index is 12.8. The van der Waals surface area contributed by atoms with E-state index in [1.54, 1.807) is 41.9 Å². The van der Waals surface area contributed by atoms with Crippen molar-refractivity contribution in [2.75, 3.05) is 11.1 Å². The molecule has 7 nitrogen and oxygen atoms in total. The lowest BCUT2D eigenvalue weighted by molar-refractivity contribution is -0.113. The molecule has 0 aliphatic rings. The molecule has 0 aliphatic heterocycles. The van der Waals surface area contributed by atoms with E-state index in [2.05, 4.69) is 20.8 Å². The minimum Gasteiger partial charge on any atom is -0.342 e. The van der Waals surface area contributed by atoms with Crippen molar-refractivity contribution in [3.05, 3.63) is 67.9 Å². The molecule has 12 heteroatoms. The Labute approximate surface area is 221 Å². The zero-order valence-corrected chi connectivity index (χ0v) is 22.2. The van der Waals surface area contributed by atoms with Crippen molar-refractivity contribution in [1.82, 2.24) is 20.1 Å². The fraction of sp³-hybridized carbons (Fsp3) is 0.273. The molecule has 0 unspecified atom stereocenters. The molecule has 3 rings (SSSR count). The lowest BCUT2D eigenvalue weighted by Crippen LogP contribution is -2.33. The summed E-state index contributed by atoms with van der Waals surface area (Å²) in [4.78, 5) is 25.2. The Bertz CT molecular complexity index is 1220. The van der Waals surface area contributed by atoms with Crippen LogP contribution >= 0.6 is 58.2 Å². The Morgan fingerprint density at radius 1 is 0.971 bits per heavy atom. The first-order valence-corrected chi connectivity index (χ1v) is 12.6. The van der Waals surface area contributed by atoms with Gasteiger partial charge in [0.05, 0.1) is 31.9 Å². The highest BCUT2D eigenvalue weighted by molar-refractivity contribution is 7.99. The average Bonchev–Trinajstić information content (AvgIpc) is 3.14. The minimum atomic E-state index is -0.418. The van der Waals surface area contributed by atoms with Gasteiger partial charge in [0, 0.05) is 18.3 Å². The average molecular weight is 561 g/mol. The van der Waals surface area contributed by atoms with E-state index in [4.69, 9.17) is 46.4 Å². The van der Waals surface area contributed by atoms with Gasteiger partial charge in [0.25, 0.3) is 5.91 Å². The van der Waals surface area contributed by atoms with Gasteiger partial charge < -0.3 is 15.2 Å². The van der Waals surface area contributed by atoms with Crippen LogP contribution in [0.25, 0.3) is 0 Å². The number of aromatic nitrogens is 3. The topological polar surface area (TPSA) is 88.9 Å². The van der Waals surface area contributed by atoms with Gasteiger partial charge in [-0.15, -0.1) is 10.2 Å². The van der Waals surface area contributed by atoms with Crippen LogP contribution < -0.4 is 10.6 Å². The van der Waals surface area contributed by atoms with Crippen molar-refractivity contribution in [2.45, 2.75) is 25.0 Å². The van der Waals surface area contributed by atoms with E-state index in [1.165, 1.54) is 17.8 Å². The van der Waals surface area contributed by atoms with Gasteiger partial charge in [-0.25, -0.2) is 0 Å². The van der Waals surface area contributed by atoms with Gasteiger partial charge in [0.15, 0.2) is 11.0 Å². The molecule has 0 radical (unpaired) electrons. The van der Waals surface area contributed by atoms with E-state index in [9.17, 15) is 9.59 Å². The minimum absolute atomic E-state index is 0.0189. The normalized spacial score (nSPS) is 12.0. The van der Waals surface area contributed by atoms with Crippen LogP contribution in [-0.4, -0.2) is 32.3 Å². The van der Waals surface area contributed by atoms with Gasteiger partial charge in [-0.3, -0.25) is 9.59 Å². The lowest BCUT2D eigenvalue weighted by Gasteiger charge is -2.22. The molecule has 0 spiro atoms. The molecule has 1 aromatic heterocycles. The predicted octanol–water partition coefficient (Wildman–Crippen LogP) is 6.29. The van der Waals surface area contributed by atoms with Gasteiger partial charge in [0.1, 0.15) is 0 Å². The molecule has 0 aliphatic carbocycles. The zero-order valence-electron chi connectivity index (χ0n) is 18.4. The number of amides is 2. The van der Waals surface area contributed by atoms with Gasteiger partial charge in [-0.2, -0.15) is 0 Å². The van der Waals surface area contributed by atoms with Crippen molar-refractivity contribution in [3.63, 3.8) is 0 Å².